The number of nitrogens with one attached hydrogen (secondary N) is 2. The van der Waals surface area contributed by atoms with Crippen molar-refractivity contribution in [3.8, 4) is 11.5 Å². The van der Waals surface area contributed by atoms with Crippen molar-refractivity contribution in [2.24, 2.45) is 0 Å². The Hall–Kier alpha value is -3.05. The summed E-state index contributed by atoms with van der Waals surface area (Å²) in [7, 11) is 0. The van der Waals surface area contributed by atoms with Gasteiger partial charge in [0.1, 0.15) is 16.7 Å². The summed E-state index contributed by atoms with van der Waals surface area (Å²) in [5.41, 5.74) is 2.63. The third-order valence-electron chi connectivity index (χ3n) is 3.67. The van der Waals surface area contributed by atoms with Crippen molar-refractivity contribution in [1.82, 2.24) is 4.98 Å². The summed E-state index contributed by atoms with van der Waals surface area (Å²) in [5.74, 6) is 1.23. The molecule has 132 valence electrons. The molecular weight excluding hydrogens is 350 g/mol. The fourth-order valence-electron chi connectivity index (χ4n) is 2.31. The van der Waals surface area contributed by atoms with Crippen LogP contribution in [0.1, 0.15) is 12.5 Å². The number of ether oxygens (including phenoxy) is 1. The number of nitrogens with zero attached hydrogens (tertiary/aromatic N) is 1. The third kappa shape index (κ3) is 4.97. The first-order chi connectivity index (χ1) is 12.6. The van der Waals surface area contributed by atoms with E-state index in [1.54, 1.807) is 42.6 Å². The highest BCUT2D eigenvalue weighted by Crippen LogP contribution is 2.24. The van der Waals surface area contributed by atoms with Crippen LogP contribution >= 0.6 is 11.6 Å². The van der Waals surface area contributed by atoms with Gasteiger partial charge in [0, 0.05) is 23.6 Å². The van der Waals surface area contributed by atoms with Gasteiger partial charge in [-0.2, -0.15) is 0 Å². The number of halogens is 1. The first-order valence-electron chi connectivity index (χ1n) is 8.19. The monoisotopic (exact) mass is 367 g/mol. The van der Waals surface area contributed by atoms with E-state index in [1.165, 1.54) is 5.56 Å². The minimum absolute atomic E-state index is 0.302. The number of hydrogen-bond acceptors (Lipinski definition) is 3. The highest BCUT2D eigenvalue weighted by atomic mass is 35.5. The summed E-state index contributed by atoms with van der Waals surface area (Å²) in [6.45, 7) is 2.09. The van der Waals surface area contributed by atoms with Gasteiger partial charge in [-0.3, -0.25) is 0 Å². The molecule has 0 unspecified atom stereocenters. The number of benzene rings is 2. The van der Waals surface area contributed by atoms with E-state index in [0.29, 0.717) is 22.3 Å². The molecule has 0 aliphatic carbocycles. The average Bonchev–Trinajstić information content (AvgIpc) is 2.64. The topological polar surface area (TPSA) is 63.2 Å². The smallest absolute Gasteiger partial charge is 0.323 e. The van der Waals surface area contributed by atoms with E-state index < -0.39 is 0 Å². The molecule has 26 heavy (non-hydrogen) atoms. The highest BCUT2D eigenvalue weighted by molar-refractivity contribution is 6.29. The molecule has 0 saturated carbocycles. The van der Waals surface area contributed by atoms with Gasteiger partial charge < -0.3 is 15.4 Å². The molecule has 0 aliphatic rings. The Morgan fingerprint density at radius 1 is 0.962 bits per heavy atom. The van der Waals surface area contributed by atoms with E-state index in [4.69, 9.17) is 16.3 Å². The first kappa shape index (κ1) is 17.8. The van der Waals surface area contributed by atoms with Crippen molar-refractivity contribution >= 4 is 29.0 Å². The Balaban J connectivity index is 1.57. The quantitative estimate of drug-likeness (QED) is 0.565. The minimum atomic E-state index is -0.302. The highest BCUT2D eigenvalue weighted by Gasteiger charge is 2.04. The molecule has 2 N–H and O–H groups in total. The Morgan fingerprint density at radius 2 is 1.58 bits per heavy atom. The van der Waals surface area contributed by atoms with Gasteiger partial charge in [0.05, 0.1) is 0 Å². The molecular formula is C20H18ClN3O2. The van der Waals surface area contributed by atoms with Gasteiger partial charge in [-0.1, -0.05) is 30.7 Å². The Kier molecular flexibility index (Phi) is 5.71. The number of pyridine rings is 1. The molecule has 0 fully saturated rings. The first-order valence-corrected chi connectivity index (χ1v) is 8.56. The van der Waals surface area contributed by atoms with Crippen LogP contribution in [0.2, 0.25) is 5.15 Å². The molecule has 2 amide bonds. The molecule has 3 rings (SSSR count). The molecule has 0 bridgehead atoms. The van der Waals surface area contributed by atoms with Gasteiger partial charge in [0.15, 0.2) is 0 Å². The largest absolute Gasteiger partial charge is 0.457 e. The van der Waals surface area contributed by atoms with Crippen LogP contribution in [0.5, 0.6) is 11.5 Å². The molecule has 5 nitrogen and oxygen atoms in total. The van der Waals surface area contributed by atoms with Gasteiger partial charge in [-0.25, -0.2) is 9.78 Å². The van der Waals surface area contributed by atoms with Gasteiger partial charge in [-0.15, -0.1) is 0 Å². The molecule has 3 aromatic rings. The fourth-order valence-corrected chi connectivity index (χ4v) is 2.47. The molecule has 2 aromatic carbocycles. The zero-order chi connectivity index (χ0) is 18.4. The van der Waals surface area contributed by atoms with E-state index in [0.717, 1.165) is 12.1 Å². The Labute approximate surface area is 157 Å². The number of carbonyl (C=O) groups excluding carboxylic acids is 1. The van der Waals surface area contributed by atoms with E-state index in [1.807, 2.05) is 24.3 Å². The summed E-state index contributed by atoms with van der Waals surface area (Å²) in [6.07, 6.45) is 2.54. The van der Waals surface area contributed by atoms with E-state index in [-0.39, 0.29) is 6.03 Å². The SMILES string of the molecule is CCc1ccc(NC(=O)Nc2ccc(Oc3ccnc(Cl)c3)cc2)cc1. The zero-order valence-electron chi connectivity index (χ0n) is 14.2. The van der Waals surface area contributed by atoms with Crippen LogP contribution in [0.3, 0.4) is 0 Å². The predicted octanol–water partition coefficient (Wildman–Crippen LogP) is 5.73. The molecule has 0 saturated heterocycles. The molecule has 0 atom stereocenters. The van der Waals surface area contributed by atoms with Crippen molar-refractivity contribution in [1.29, 1.82) is 0 Å². The van der Waals surface area contributed by atoms with Gasteiger partial charge in [0.2, 0.25) is 0 Å². The summed E-state index contributed by atoms with van der Waals surface area (Å²) >= 11 is 5.83. The van der Waals surface area contributed by atoms with Crippen molar-refractivity contribution in [2.75, 3.05) is 10.6 Å². The molecule has 1 aromatic heterocycles. The molecule has 1 heterocycles. The molecule has 0 spiro atoms. The number of urea groups is 1. The zero-order valence-corrected chi connectivity index (χ0v) is 15.0. The number of carbonyl (C=O) groups is 1. The molecule has 0 aliphatic heterocycles. The van der Waals surface area contributed by atoms with Crippen LogP contribution in [0.4, 0.5) is 16.2 Å². The predicted molar refractivity (Wildman–Crippen MR) is 104 cm³/mol. The summed E-state index contributed by atoms with van der Waals surface area (Å²) < 4.78 is 5.68. The maximum Gasteiger partial charge on any atom is 0.323 e. The number of aryl methyl sites for hydroxylation is 1. The van der Waals surface area contributed by atoms with Crippen molar-refractivity contribution in [3.63, 3.8) is 0 Å². The average molecular weight is 368 g/mol. The van der Waals surface area contributed by atoms with Crippen molar-refractivity contribution in [2.45, 2.75) is 13.3 Å². The van der Waals surface area contributed by atoms with Gasteiger partial charge in [-0.05, 0) is 54.4 Å². The van der Waals surface area contributed by atoms with Crippen LogP contribution < -0.4 is 15.4 Å². The van der Waals surface area contributed by atoms with E-state index in [9.17, 15) is 4.79 Å². The second-order valence-corrected chi connectivity index (χ2v) is 5.96. The van der Waals surface area contributed by atoms with E-state index in [2.05, 4.69) is 22.5 Å². The standard InChI is InChI=1S/C20H18ClN3O2/c1-2-14-3-5-15(6-4-14)23-20(25)24-16-7-9-17(10-8-16)26-18-11-12-22-19(21)13-18/h3-13H,2H2,1H3,(H2,23,24,25). The fraction of sp³-hybridized carbons (Fsp3) is 0.100. The minimum Gasteiger partial charge on any atom is -0.457 e. The number of aromatic nitrogens is 1. The van der Waals surface area contributed by atoms with Crippen molar-refractivity contribution < 1.29 is 9.53 Å². The normalized spacial score (nSPS) is 10.2. The number of amides is 2. The van der Waals surface area contributed by atoms with Crippen LogP contribution in [-0.2, 0) is 6.42 Å². The lowest BCUT2D eigenvalue weighted by Gasteiger charge is -2.09. The van der Waals surface area contributed by atoms with Crippen LogP contribution in [0.25, 0.3) is 0 Å². The lowest BCUT2D eigenvalue weighted by Crippen LogP contribution is -2.19. The van der Waals surface area contributed by atoms with Gasteiger partial charge >= 0.3 is 6.03 Å². The Morgan fingerprint density at radius 3 is 2.15 bits per heavy atom. The van der Waals surface area contributed by atoms with Crippen molar-refractivity contribution in [3.05, 3.63) is 77.6 Å². The number of rotatable bonds is 5. The van der Waals surface area contributed by atoms with Crippen LogP contribution in [0, 0.1) is 0 Å². The summed E-state index contributed by atoms with van der Waals surface area (Å²) in [4.78, 5) is 16.0. The number of hydrogen-bond donors (Lipinski definition) is 2. The second-order valence-electron chi connectivity index (χ2n) is 5.57. The third-order valence-corrected chi connectivity index (χ3v) is 3.87. The number of anilines is 2. The lowest BCUT2D eigenvalue weighted by molar-refractivity contribution is 0.262. The second kappa shape index (κ2) is 8.36. The van der Waals surface area contributed by atoms with Gasteiger partial charge in [0.25, 0.3) is 0 Å². The van der Waals surface area contributed by atoms with Crippen LogP contribution in [-0.4, -0.2) is 11.0 Å². The summed E-state index contributed by atoms with van der Waals surface area (Å²) in [5, 5.41) is 5.95. The molecule has 0 radical (unpaired) electrons. The molecule has 6 heteroatoms. The maximum atomic E-state index is 12.1. The summed E-state index contributed by atoms with van der Waals surface area (Å²) in [6, 6.07) is 17.9. The maximum absolute atomic E-state index is 12.1. The van der Waals surface area contributed by atoms with Crippen LogP contribution in [0.15, 0.2) is 66.9 Å². The van der Waals surface area contributed by atoms with E-state index >= 15 is 0 Å². The Bertz CT molecular complexity index is 880. The lowest BCUT2D eigenvalue weighted by atomic mass is 10.1.